The van der Waals surface area contributed by atoms with Crippen LogP contribution >= 0.6 is 11.5 Å². The number of rotatable bonds is 4. The number of amides is 1. The maximum absolute atomic E-state index is 12.0. The number of benzene rings is 1. The molecule has 0 spiro atoms. The first-order valence-corrected chi connectivity index (χ1v) is 7.21. The molecule has 0 saturated heterocycles. The van der Waals surface area contributed by atoms with Gasteiger partial charge in [0.15, 0.2) is 0 Å². The Balaban J connectivity index is 2.12. The highest BCUT2D eigenvalue weighted by Gasteiger charge is 2.19. The van der Waals surface area contributed by atoms with Gasteiger partial charge in [0, 0.05) is 0 Å². The second-order valence-electron chi connectivity index (χ2n) is 4.92. The van der Waals surface area contributed by atoms with Crippen molar-refractivity contribution in [2.75, 3.05) is 5.32 Å². The highest BCUT2D eigenvalue weighted by molar-refractivity contribution is 7.11. The van der Waals surface area contributed by atoms with E-state index >= 15 is 0 Å². The molecule has 2 aromatic rings. The van der Waals surface area contributed by atoms with Crippen LogP contribution in [0.1, 0.15) is 32.7 Å². The molecule has 2 N–H and O–H groups in total. The maximum Gasteiger partial charge on any atom is 0.340 e. The molecular weight excluding hydrogens is 288 g/mol. The fourth-order valence-corrected chi connectivity index (χ4v) is 2.78. The van der Waals surface area contributed by atoms with Gasteiger partial charge in [-0.1, -0.05) is 18.2 Å². The summed E-state index contributed by atoms with van der Waals surface area (Å²) in [4.78, 5) is 23.2. The summed E-state index contributed by atoms with van der Waals surface area (Å²) in [6, 6.07) is 5.83. The van der Waals surface area contributed by atoms with E-state index in [0.29, 0.717) is 5.69 Å². The average molecular weight is 304 g/mol. The molecule has 21 heavy (non-hydrogen) atoms. The van der Waals surface area contributed by atoms with Gasteiger partial charge in [-0.25, -0.2) is 4.79 Å². The van der Waals surface area contributed by atoms with Crippen molar-refractivity contribution < 1.29 is 14.7 Å². The lowest BCUT2D eigenvalue weighted by molar-refractivity contribution is -0.115. The molecule has 0 saturated carbocycles. The highest BCUT2D eigenvalue weighted by Crippen LogP contribution is 2.24. The normalized spacial score (nSPS) is 10.4. The van der Waals surface area contributed by atoms with Gasteiger partial charge in [-0.2, -0.15) is 4.37 Å². The fraction of sp³-hybridized carbons (Fsp3) is 0.267. The number of aromatic nitrogens is 1. The molecule has 0 fully saturated rings. The van der Waals surface area contributed by atoms with Crippen LogP contribution in [0, 0.1) is 20.8 Å². The first-order chi connectivity index (χ1) is 9.88. The predicted molar refractivity (Wildman–Crippen MR) is 82.1 cm³/mol. The minimum atomic E-state index is -1.08. The monoisotopic (exact) mass is 304 g/mol. The molecule has 0 aliphatic heterocycles. The van der Waals surface area contributed by atoms with Crippen molar-refractivity contribution in [2.45, 2.75) is 27.2 Å². The largest absolute Gasteiger partial charge is 0.478 e. The Morgan fingerprint density at radius 1 is 1.24 bits per heavy atom. The van der Waals surface area contributed by atoms with Crippen molar-refractivity contribution in [1.29, 1.82) is 0 Å². The minimum absolute atomic E-state index is 0.0634. The van der Waals surface area contributed by atoms with Gasteiger partial charge in [-0.15, -0.1) is 0 Å². The Kier molecular flexibility index (Phi) is 4.37. The van der Waals surface area contributed by atoms with Gasteiger partial charge < -0.3 is 10.4 Å². The van der Waals surface area contributed by atoms with Crippen LogP contribution in [0.3, 0.4) is 0 Å². The first kappa shape index (κ1) is 15.2. The van der Waals surface area contributed by atoms with Crippen LogP contribution in [0.2, 0.25) is 0 Å². The molecule has 1 aromatic heterocycles. The van der Waals surface area contributed by atoms with Crippen molar-refractivity contribution >= 4 is 28.4 Å². The number of hydrogen-bond donors (Lipinski definition) is 2. The first-order valence-electron chi connectivity index (χ1n) is 6.44. The van der Waals surface area contributed by atoms with Gasteiger partial charge >= 0.3 is 5.97 Å². The summed E-state index contributed by atoms with van der Waals surface area (Å²) in [5, 5.41) is 12.0. The van der Waals surface area contributed by atoms with Crippen LogP contribution in [-0.2, 0) is 11.2 Å². The third kappa shape index (κ3) is 3.46. The molecule has 0 bridgehead atoms. The van der Waals surface area contributed by atoms with Gasteiger partial charge in [0.1, 0.15) is 10.6 Å². The number of aryl methyl sites for hydroxylation is 3. The van der Waals surface area contributed by atoms with E-state index in [1.165, 1.54) is 5.56 Å². The Morgan fingerprint density at radius 3 is 2.57 bits per heavy atom. The molecule has 0 radical (unpaired) electrons. The zero-order chi connectivity index (χ0) is 15.6. The molecule has 110 valence electrons. The summed E-state index contributed by atoms with van der Waals surface area (Å²) in [5.41, 5.74) is 3.67. The van der Waals surface area contributed by atoms with Crippen molar-refractivity contribution in [3.63, 3.8) is 0 Å². The molecule has 2 rings (SSSR count). The number of aromatic carboxylic acids is 1. The van der Waals surface area contributed by atoms with Crippen LogP contribution in [-0.4, -0.2) is 21.4 Å². The Hall–Kier alpha value is -2.21. The molecule has 5 nitrogen and oxygen atoms in total. The van der Waals surface area contributed by atoms with Crippen LogP contribution in [0.5, 0.6) is 0 Å². The molecule has 0 atom stereocenters. The fourth-order valence-electron chi connectivity index (χ4n) is 1.98. The zero-order valence-electron chi connectivity index (χ0n) is 12.1. The number of hydrogen-bond acceptors (Lipinski definition) is 4. The van der Waals surface area contributed by atoms with E-state index in [0.717, 1.165) is 22.7 Å². The number of nitrogens with one attached hydrogen (secondary N) is 1. The number of nitrogens with zero attached hydrogens (tertiary/aromatic N) is 1. The van der Waals surface area contributed by atoms with E-state index < -0.39 is 5.97 Å². The number of carbonyl (C=O) groups is 2. The standard InChI is InChI=1S/C15H16N2O3S/c1-8-4-5-11(6-9(8)2)7-12(18)16-14-13(15(19)20)10(3)17-21-14/h4-6H,7H2,1-3H3,(H,16,18)(H,19,20). The molecule has 0 aliphatic carbocycles. The van der Waals surface area contributed by atoms with Crippen molar-refractivity contribution in [2.24, 2.45) is 0 Å². The van der Waals surface area contributed by atoms with Gasteiger partial charge in [0.2, 0.25) is 5.91 Å². The summed E-state index contributed by atoms with van der Waals surface area (Å²) in [6.07, 6.45) is 0.205. The second kappa shape index (κ2) is 6.05. The Morgan fingerprint density at radius 2 is 1.95 bits per heavy atom. The summed E-state index contributed by atoms with van der Waals surface area (Å²) in [7, 11) is 0. The van der Waals surface area contributed by atoms with E-state index in [1.807, 2.05) is 32.0 Å². The van der Waals surface area contributed by atoms with Gasteiger partial charge in [0.25, 0.3) is 0 Å². The lowest BCUT2D eigenvalue weighted by Crippen LogP contribution is -2.15. The number of carboxylic acids is 1. The number of carboxylic acid groups (broad SMARTS) is 1. The SMILES string of the molecule is Cc1ccc(CC(=O)Nc2snc(C)c2C(=O)O)cc1C. The third-order valence-electron chi connectivity index (χ3n) is 3.27. The lowest BCUT2D eigenvalue weighted by Gasteiger charge is -2.06. The number of anilines is 1. The van der Waals surface area contributed by atoms with E-state index in [1.54, 1.807) is 6.92 Å². The molecule has 1 heterocycles. The van der Waals surface area contributed by atoms with Crippen molar-refractivity contribution in [3.05, 3.63) is 46.1 Å². The Labute approximate surface area is 126 Å². The molecule has 6 heteroatoms. The molecule has 1 aromatic carbocycles. The minimum Gasteiger partial charge on any atom is -0.478 e. The van der Waals surface area contributed by atoms with E-state index in [9.17, 15) is 9.59 Å². The third-order valence-corrected chi connectivity index (χ3v) is 4.12. The quantitative estimate of drug-likeness (QED) is 0.910. The summed E-state index contributed by atoms with van der Waals surface area (Å²) in [5.74, 6) is -1.33. The molecular formula is C15H16N2O3S. The Bertz CT molecular complexity index is 707. The molecule has 0 unspecified atom stereocenters. The summed E-state index contributed by atoms with van der Waals surface area (Å²) in [6.45, 7) is 5.61. The van der Waals surface area contributed by atoms with Gasteiger partial charge in [-0.3, -0.25) is 4.79 Å². The van der Waals surface area contributed by atoms with Crippen LogP contribution in [0.25, 0.3) is 0 Å². The zero-order valence-corrected chi connectivity index (χ0v) is 12.9. The topological polar surface area (TPSA) is 79.3 Å². The maximum atomic E-state index is 12.0. The van der Waals surface area contributed by atoms with Gasteiger partial charge in [0.05, 0.1) is 12.1 Å². The summed E-state index contributed by atoms with van der Waals surface area (Å²) < 4.78 is 3.97. The smallest absolute Gasteiger partial charge is 0.340 e. The van der Waals surface area contributed by atoms with E-state index in [2.05, 4.69) is 9.69 Å². The van der Waals surface area contributed by atoms with Crippen LogP contribution < -0.4 is 5.32 Å². The van der Waals surface area contributed by atoms with Crippen LogP contribution in [0.4, 0.5) is 5.00 Å². The lowest BCUT2D eigenvalue weighted by atomic mass is 10.0. The van der Waals surface area contributed by atoms with E-state index in [4.69, 9.17) is 5.11 Å². The predicted octanol–water partition coefficient (Wildman–Crippen LogP) is 2.95. The molecule has 0 aliphatic rings. The summed E-state index contributed by atoms with van der Waals surface area (Å²) >= 11 is 0.986. The highest BCUT2D eigenvalue weighted by atomic mass is 32.1. The van der Waals surface area contributed by atoms with E-state index in [-0.39, 0.29) is 22.9 Å². The second-order valence-corrected chi connectivity index (χ2v) is 5.69. The molecule has 1 amide bonds. The number of carbonyl (C=O) groups excluding carboxylic acids is 1. The van der Waals surface area contributed by atoms with Crippen LogP contribution in [0.15, 0.2) is 18.2 Å². The average Bonchev–Trinajstić information content (AvgIpc) is 2.75. The van der Waals surface area contributed by atoms with Crippen molar-refractivity contribution in [3.8, 4) is 0 Å². The van der Waals surface area contributed by atoms with Gasteiger partial charge in [-0.05, 0) is 49.0 Å². The van der Waals surface area contributed by atoms with Crippen molar-refractivity contribution in [1.82, 2.24) is 4.37 Å².